The molecule has 0 spiro atoms. The minimum absolute atomic E-state index is 0.0861. The lowest BCUT2D eigenvalue weighted by molar-refractivity contribution is -0.135. The molecule has 1 atom stereocenters. The Bertz CT molecular complexity index is 983. The number of benzene rings is 1. The first-order valence-corrected chi connectivity index (χ1v) is 11.6. The normalized spacial score (nSPS) is 17.4. The molecule has 1 amide bonds. The van der Waals surface area contributed by atoms with Gasteiger partial charge in [0.25, 0.3) is 0 Å². The molecule has 1 aromatic carbocycles. The smallest absolute Gasteiger partial charge is 0.248 e. The number of amides is 1. The molecule has 9 nitrogen and oxygen atoms in total. The maximum Gasteiger partial charge on any atom is 0.248 e. The summed E-state index contributed by atoms with van der Waals surface area (Å²) in [7, 11) is -0.450. The predicted octanol–water partition coefficient (Wildman–Crippen LogP) is 2.24. The third kappa shape index (κ3) is 5.19. The van der Waals surface area contributed by atoms with Crippen molar-refractivity contribution >= 4 is 15.9 Å². The van der Waals surface area contributed by atoms with E-state index in [1.807, 2.05) is 0 Å². The molecule has 0 radical (unpaired) electrons. The van der Waals surface area contributed by atoms with Crippen LogP contribution in [0.25, 0.3) is 0 Å². The van der Waals surface area contributed by atoms with Gasteiger partial charge in [-0.15, -0.1) is 0 Å². The number of carbonyl (C=O) groups is 1. The van der Waals surface area contributed by atoms with Crippen LogP contribution in [0.3, 0.4) is 0 Å². The van der Waals surface area contributed by atoms with Gasteiger partial charge in [-0.05, 0) is 51.0 Å². The highest BCUT2D eigenvalue weighted by molar-refractivity contribution is 7.89. The molecule has 2 heterocycles. The first-order valence-electron chi connectivity index (χ1n) is 10.2. The van der Waals surface area contributed by atoms with E-state index in [0.717, 1.165) is 5.75 Å². The molecule has 3 rings (SSSR count). The van der Waals surface area contributed by atoms with Crippen LogP contribution in [-0.4, -0.2) is 69.1 Å². The number of nitrogens with zero attached hydrogens (tertiary/aromatic N) is 3. The van der Waals surface area contributed by atoms with Crippen molar-refractivity contribution in [3.05, 3.63) is 35.7 Å². The van der Waals surface area contributed by atoms with Gasteiger partial charge in [-0.3, -0.25) is 4.79 Å². The number of carbonyl (C=O) groups excluding carboxylic acids is 1. The van der Waals surface area contributed by atoms with Crippen molar-refractivity contribution in [3.8, 4) is 11.5 Å². The van der Waals surface area contributed by atoms with Crippen molar-refractivity contribution in [2.24, 2.45) is 5.92 Å². The first kappa shape index (κ1) is 23.1. The Morgan fingerprint density at radius 1 is 1.26 bits per heavy atom. The van der Waals surface area contributed by atoms with Gasteiger partial charge in [0.15, 0.2) is 5.76 Å². The molecule has 1 aromatic heterocycles. The summed E-state index contributed by atoms with van der Waals surface area (Å²) in [6.45, 7) is 4.44. The summed E-state index contributed by atoms with van der Waals surface area (Å²) in [4.78, 5) is 14.6. The SMILES string of the molecule is COc1ccc(OCCN(C)C(=O)C2CCCN(S(=O)(=O)c3c(C)noc3C)C2)cc1. The van der Waals surface area contributed by atoms with Gasteiger partial charge >= 0.3 is 0 Å². The van der Waals surface area contributed by atoms with E-state index in [0.29, 0.717) is 44.0 Å². The van der Waals surface area contributed by atoms with Crippen molar-refractivity contribution < 1.29 is 27.2 Å². The molecule has 1 unspecified atom stereocenters. The second kappa shape index (κ2) is 9.69. The summed E-state index contributed by atoms with van der Waals surface area (Å²) >= 11 is 0. The van der Waals surface area contributed by atoms with Crippen molar-refractivity contribution in [3.63, 3.8) is 0 Å². The molecule has 0 saturated carbocycles. The second-order valence-electron chi connectivity index (χ2n) is 7.64. The molecule has 1 aliphatic heterocycles. The molecule has 0 aliphatic carbocycles. The Hall–Kier alpha value is -2.59. The van der Waals surface area contributed by atoms with Gasteiger partial charge in [0.2, 0.25) is 15.9 Å². The molecule has 170 valence electrons. The molecule has 31 heavy (non-hydrogen) atoms. The maximum atomic E-state index is 13.1. The van der Waals surface area contributed by atoms with E-state index >= 15 is 0 Å². The lowest BCUT2D eigenvalue weighted by atomic mass is 9.98. The molecule has 2 aromatic rings. The summed E-state index contributed by atoms with van der Waals surface area (Å²) in [5, 5.41) is 3.75. The predicted molar refractivity (Wildman–Crippen MR) is 114 cm³/mol. The van der Waals surface area contributed by atoms with E-state index in [9.17, 15) is 13.2 Å². The van der Waals surface area contributed by atoms with Gasteiger partial charge in [-0.1, -0.05) is 5.16 Å². The van der Waals surface area contributed by atoms with E-state index in [2.05, 4.69) is 5.16 Å². The Morgan fingerprint density at radius 2 is 1.94 bits per heavy atom. The molecular formula is C21H29N3O6S. The lowest BCUT2D eigenvalue weighted by Gasteiger charge is -2.33. The van der Waals surface area contributed by atoms with Gasteiger partial charge in [0.1, 0.15) is 28.7 Å². The summed E-state index contributed by atoms with van der Waals surface area (Å²) in [5.41, 5.74) is 0.332. The van der Waals surface area contributed by atoms with Crippen LogP contribution in [0.2, 0.25) is 0 Å². The van der Waals surface area contributed by atoms with Crippen molar-refractivity contribution in [1.29, 1.82) is 0 Å². The van der Waals surface area contributed by atoms with E-state index in [1.54, 1.807) is 57.2 Å². The summed E-state index contributed by atoms with van der Waals surface area (Å²) in [6.07, 6.45) is 1.27. The molecule has 0 N–H and O–H groups in total. The highest BCUT2D eigenvalue weighted by Gasteiger charge is 2.37. The topological polar surface area (TPSA) is 102 Å². The van der Waals surface area contributed by atoms with Gasteiger partial charge in [0.05, 0.1) is 19.6 Å². The van der Waals surface area contributed by atoms with Crippen LogP contribution >= 0.6 is 0 Å². The molecule has 10 heteroatoms. The maximum absolute atomic E-state index is 13.1. The third-order valence-corrected chi connectivity index (χ3v) is 7.54. The van der Waals surface area contributed by atoms with Gasteiger partial charge < -0.3 is 18.9 Å². The summed E-state index contributed by atoms with van der Waals surface area (Å²) in [5.74, 6) is 1.22. The molecule has 1 fully saturated rings. The Kier molecular flexibility index (Phi) is 7.22. The largest absolute Gasteiger partial charge is 0.497 e. The second-order valence-corrected chi connectivity index (χ2v) is 9.51. The number of aromatic nitrogens is 1. The zero-order valence-electron chi connectivity index (χ0n) is 18.3. The fourth-order valence-electron chi connectivity index (χ4n) is 3.73. The van der Waals surface area contributed by atoms with Crippen LogP contribution in [-0.2, 0) is 14.8 Å². The lowest BCUT2D eigenvalue weighted by Crippen LogP contribution is -2.46. The highest BCUT2D eigenvalue weighted by atomic mass is 32.2. The molecule has 1 saturated heterocycles. The Morgan fingerprint density at radius 3 is 2.55 bits per heavy atom. The van der Waals surface area contributed by atoms with Crippen molar-refractivity contribution in [1.82, 2.24) is 14.4 Å². The average molecular weight is 452 g/mol. The van der Waals surface area contributed by atoms with E-state index in [1.165, 1.54) is 4.31 Å². The van der Waals surface area contributed by atoms with Gasteiger partial charge in [0, 0.05) is 20.1 Å². The van der Waals surface area contributed by atoms with Crippen molar-refractivity contribution in [2.75, 3.05) is 40.4 Å². The number of likely N-dealkylation sites (N-methyl/N-ethyl adjacent to an activating group) is 1. The van der Waals surface area contributed by atoms with Gasteiger partial charge in [-0.2, -0.15) is 4.31 Å². The fraction of sp³-hybridized carbons (Fsp3) is 0.524. The quantitative estimate of drug-likeness (QED) is 0.606. The number of ether oxygens (including phenoxy) is 2. The molecular weight excluding hydrogens is 422 g/mol. The number of piperidine rings is 1. The van der Waals surface area contributed by atoms with Crippen LogP contribution in [0, 0.1) is 19.8 Å². The number of methoxy groups -OCH3 is 1. The summed E-state index contributed by atoms with van der Waals surface area (Å²) < 4.78 is 43.4. The standard InChI is InChI=1S/C21H29N3O6S/c1-15-20(16(2)30-22-15)31(26,27)24-11-5-6-17(14-24)21(25)23(3)12-13-29-19-9-7-18(28-4)8-10-19/h7-10,17H,5-6,11-14H2,1-4H3. The molecule has 0 bridgehead atoms. The first-order chi connectivity index (χ1) is 14.7. The van der Waals surface area contributed by atoms with E-state index < -0.39 is 15.9 Å². The van der Waals surface area contributed by atoms with Gasteiger partial charge in [-0.25, -0.2) is 8.42 Å². The minimum Gasteiger partial charge on any atom is -0.497 e. The number of aryl methyl sites for hydroxylation is 2. The van der Waals surface area contributed by atoms with Crippen LogP contribution in [0.15, 0.2) is 33.7 Å². The van der Waals surface area contributed by atoms with Crippen LogP contribution < -0.4 is 9.47 Å². The minimum atomic E-state index is -3.76. The molecule has 1 aliphatic rings. The zero-order chi connectivity index (χ0) is 22.6. The van der Waals surface area contributed by atoms with E-state index in [4.69, 9.17) is 14.0 Å². The number of hydrogen-bond acceptors (Lipinski definition) is 7. The third-order valence-electron chi connectivity index (χ3n) is 5.43. The van der Waals surface area contributed by atoms with Crippen LogP contribution in [0.4, 0.5) is 0 Å². The van der Waals surface area contributed by atoms with Crippen LogP contribution in [0.1, 0.15) is 24.3 Å². The zero-order valence-corrected chi connectivity index (χ0v) is 19.1. The Balaban J connectivity index is 1.57. The summed E-state index contributed by atoms with van der Waals surface area (Å²) in [6, 6.07) is 7.22. The monoisotopic (exact) mass is 451 g/mol. The number of hydrogen-bond donors (Lipinski definition) is 0. The highest BCUT2D eigenvalue weighted by Crippen LogP contribution is 2.28. The number of rotatable bonds is 8. The van der Waals surface area contributed by atoms with Crippen LogP contribution in [0.5, 0.6) is 11.5 Å². The average Bonchev–Trinajstić information content (AvgIpc) is 3.12. The van der Waals surface area contributed by atoms with E-state index in [-0.39, 0.29) is 23.1 Å². The van der Waals surface area contributed by atoms with Crippen molar-refractivity contribution in [2.45, 2.75) is 31.6 Å². The number of sulfonamides is 1. The fourth-order valence-corrected chi connectivity index (χ4v) is 5.54. The Labute approximate surface area is 182 Å².